The number of aromatic amines is 2. The van der Waals surface area contributed by atoms with Crippen LogP contribution in [0.1, 0.15) is 22.8 Å². The van der Waals surface area contributed by atoms with Gasteiger partial charge in [-0.05, 0) is 92.6 Å². The van der Waals surface area contributed by atoms with Crippen LogP contribution < -0.4 is 0 Å². The molecule has 5 N–H and O–H groups in total. The molecule has 0 atom stereocenters. The van der Waals surface area contributed by atoms with Crippen LogP contribution in [-0.4, -0.2) is 34.6 Å². The number of halogens is 2. The van der Waals surface area contributed by atoms with Crippen molar-refractivity contribution in [3.63, 3.8) is 0 Å². The lowest BCUT2D eigenvalue weighted by atomic mass is 10.3. The van der Waals surface area contributed by atoms with Gasteiger partial charge < -0.3 is 24.6 Å². The summed E-state index contributed by atoms with van der Waals surface area (Å²) in [6.07, 6.45) is 8.03. The largest absolute Gasteiger partial charge is 0.466 e. The minimum atomic E-state index is -4.64. The number of H-pyrrole nitrogens is 2. The van der Waals surface area contributed by atoms with Gasteiger partial charge in [-0.1, -0.05) is 0 Å². The first-order chi connectivity index (χ1) is 14.7. The Labute approximate surface area is 192 Å². The minimum absolute atomic E-state index is 0.894. The van der Waals surface area contributed by atoms with E-state index < -0.39 is 7.82 Å². The molecule has 0 unspecified atom stereocenters. The first-order valence-corrected chi connectivity index (χ1v) is 12.0. The van der Waals surface area contributed by atoms with Crippen LogP contribution in [0.3, 0.4) is 0 Å². The quantitative estimate of drug-likeness (QED) is 0.163. The van der Waals surface area contributed by atoms with E-state index in [4.69, 9.17) is 29.2 Å². The van der Waals surface area contributed by atoms with E-state index in [9.17, 15) is 0 Å². The molecule has 0 aromatic carbocycles. The molecule has 3 aromatic rings. The Bertz CT molecular complexity index is 1330. The smallest absolute Gasteiger partial charge is 0.354 e. The van der Waals surface area contributed by atoms with Crippen molar-refractivity contribution in [1.82, 2.24) is 19.9 Å². The zero-order chi connectivity index (χ0) is 22.2. The Morgan fingerprint density at radius 1 is 0.710 bits per heavy atom. The van der Waals surface area contributed by atoms with Gasteiger partial charge in [0.25, 0.3) is 0 Å². The summed E-state index contributed by atoms with van der Waals surface area (Å²) in [4.78, 5) is 37.8. The molecular weight excluding hydrogens is 551 g/mol. The number of hydrogen-bond acceptors (Lipinski definition) is 3. The van der Waals surface area contributed by atoms with Gasteiger partial charge in [-0.3, -0.25) is 0 Å². The van der Waals surface area contributed by atoms with Crippen molar-refractivity contribution < 1.29 is 19.2 Å². The van der Waals surface area contributed by atoms with E-state index in [1.54, 1.807) is 0 Å². The molecule has 8 bridgehead atoms. The molecule has 8 nitrogen and oxygen atoms in total. The van der Waals surface area contributed by atoms with Gasteiger partial charge in [0.2, 0.25) is 0 Å². The Balaban J connectivity index is 0.000000418. The number of fused-ring (bicyclic) bond motifs is 8. The maximum Gasteiger partial charge on any atom is 0.466 e. The van der Waals surface area contributed by atoms with Crippen molar-refractivity contribution in [3.8, 4) is 0 Å². The molecule has 0 fully saturated rings. The van der Waals surface area contributed by atoms with Gasteiger partial charge >= 0.3 is 7.82 Å². The number of aromatic nitrogens is 4. The summed E-state index contributed by atoms with van der Waals surface area (Å²) in [6.45, 7) is 0. The van der Waals surface area contributed by atoms with Crippen LogP contribution in [0, 0.1) is 0 Å². The molecule has 2 aliphatic rings. The normalized spacial score (nSPS) is 12.5. The van der Waals surface area contributed by atoms with E-state index in [-0.39, 0.29) is 0 Å². The van der Waals surface area contributed by atoms with Gasteiger partial charge in [-0.2, -0.15) is 0 Å². The molecule has 11 heteroatoms. The van der Waals surface area contributed by atoms with Gasteiger partial charge in [-0.25, -0.2) is 14.5 Å². The fraction of sp³-hybridized carbons (Fsp3) is 0. The average molecular weight is 566 g/mol. The van der Waals surface area contributed by atoms with Gasteiger partial charge in [0, 0.05) is 11.0 Å². The average Bonchev–Trinajstić information content (AvgIpc) is 3.47. The molecule has 0 saturated heterocycles. The Kier molecular flexibility index (Phi) is 6.11. The molecule has 31 heavy (non-hydrogen) atoms. The topological polar surface area (TPSA) is 135 Å². The molecule has 3 aromatic heterocycles. The molecule has 2 aliphatic heterocycles. The fourth-order valence-corrected chi connectivity index (χ4v) is 3.91. The lowest BCUT2D eigenvalue weighted by molar-refractivity contribution is 0.275. The molecular formula is C20H15Br2N4O4P. The second-order valence-electron chi connectivity index (χ2n) is 6.60. The molecule has 158 valence electrons. The lowest BCUT2D eigenvalue weighted by Crippen LogP contribution is -1.79. The van der Waals surface area contributed by atoms with Crippen molar-refractivity contribution in [1.29, 1.82) is 0 Å². The van der Waals surface area contributed by atoms with Crippen LogP contribution in [-0.2, 0) is 4.57 Å². The van der Waals surface area contributed by atoms with Crippen LogP contribution in [0.2, 0.25) is 0 Å². The van der Waals surface area contributed by atoms with E-state index in [0.717, 1.165) is 53.8 Å². The predicted molar refractivity (Wildman–Crippen MR) is 129 cm³/mol. The van der Waals surface area contributed by atoms with E-state index in [0.29, 0.717) is 0 Å². The van der Waals surface area contributed by atoms with Gasteiger partial charge in [0.15, 0.2) is 0 Å². The molecule has 0 aliphatic carbocycles. The van der Waals surface area contributed by atoms with E-state index in [1.165, 1.54) is 0 Å². The summed E-state index contributed by atoms with van der Waals surface area (Å²) in [5.74, 6) is 0. The maximum atomic E-state index is 8.88. The third kappa shape index (κ3) is 5.48. The SMILES string of the molecule is Brc1c2nc(cc3ccc([nH]3)c(Br)c3nc(cc4ccc1[nH]4)C=C3)C=C2.O=P(O)(O)O. The molecule has 0 spiro atoms. The lowest BCUT2D eigenvalue weighted by Gasteiger charge is -1.92. The van der Waals surface area contributed by atoms with E-state index in [1.807, 2.05) is 60.7 Å². The number of phosphoric acid groups is 1. The van der Waals surface area contributed by atoms with E-state index in [2.05, 4.69) is 41.8 Å². The number of nitrogens with one attached hydrogen (secondary N) is 2. The summed E-state index contributed by atoms with van der Waals surface area (Å²) in [7, 11) is -4.64. The van der Waals surface area contributed by atoms with Crippen molar-refractivity contribution in [2.45, 2.75) is 0 Å². The highest BCUT2D eigenvalue weighted by molar-refractivity contribution is 9.11. The third-order valence-corrected chi connectivity index (χ3v) is 5.94. The summed E-state index contributed by atoms with van der Waals surface area (Å²) >= 11 is 7.33. The summed E-state index contributed by atoms with van der Waals surface area (Å²) in [6, 6.07) is 12.2. The maximum absolute atomic E-state index is 8.88. The second kappa shape index (κ2) is 8.66. The molecule has 0 radical (unpaired) electrons. The van der Waals surface area contributed by atoms with Crippen LogP contribution in [0.4, 0.5) is 0 Å². The second-order valence-corrected chi connectivity index (χ2v) is 9.21. The highest BCUT2D eigenvalue weighted by atomic mass is 79.9. The summed E-state index contributed by atoms with van der Waals surface area (Å²) in [5, 5.41) is 0. The Morgan fingerprint density at radius 3 is 1.48 bits per heavy atom. The minimum Gasteiger partial charge on any atom is -0.354 e. The molecule has 0 saturated carbocycles. The molecule has 5 rings (SSSR count). The summed E-state index contributed by atoms with van der Waals surface area (Å²) in [5.41, 5.74) is 7.54. The van der Waals surface area contributed by atoms with Crippen molar-refractivity contribution in [2.75, 3.05) is 0 Å². The molecule has 0 amide bonds. The number of hydrogen-bond donors (Lipinski definition) is 5. The zero-order valence-corrected chi connectivity index (χ0v) is 19.7. The monoisotopic (exact) mass is 564 g/mol. The van der Waals surface area contributed by atoms with Crippen LogP contribution in [0.5, 0.6) is 0 Å². The third-order valence-electron chi connectivity index (χ3n) is 4.27. The van der Waals surface area contributed by atoms with Crippen molar-refractivity contribution in [2.24, 2.45) is 0 Å². The zero-order valence-electron chi connectivity index (χ0n) is 15.6. The van der Waals surface area contributed by atoms with Crippen LogP contribution in [0.25, 0.3) is 46.4 Å². The van der Waals surface area contributed by atoms with Crippen molar-refractivity contribution in [3.05, 3.63) is 68.1 Å². The van der Waals surface area contributed by atoms with Gasteiger partial charge in [0.05, 0.1) is 42.8 Å². The predicted octanol–water partition coefficient (Wildman–Crippen LogP) is 5.25. The number of rotatable bonds is 0. The Morgan fingerprint density at radius 2 is 1.10 bits per heavy atom. The first-order valence-electron chi connectivity index (χ1n) is 8.85. The van der Waals surface area contributed by atoms with E-state index >= 15 is 0 Å². The summed E-state index contributed by atoms with van der Waals surface area (Å²) < 4.78 is 10.7. The van der Waals surface area contributed by atoms with Gasteiger partial charge in [-0.15, -0.1) is 0 Å². The van der Waals surface area contributed by atoms with Crippen LogP contribution >= 0.6 is 39.7 Å². The highest BCUT2D eigenvalue weighted by Crippen LogP contribution is 2.27. The first kappa shape index (κ1) is 21.9. The standard InChI is InChI=1S/C20H12Br2N4.H3O4P/c21-19-15-5-1-11(23-15)9-12-2-6-17(24-12)20(22)18-8-4-14(26-18)10-13-3-7-16(19)25-13;1-5(2,3)4/h1-10,23,26H;(H3,1,2,3,4). The highest BCUT2D eigenvalue weighted by Gasteiger charge is 2.07. The molecule has 5 heterocycles. The van der Waals surface area contributed by atoms with Gasteiger partial charge in [0.1, 0.15) is 0 Å². The van der Waals surface area contributed by atoms with Crippen molar-refractivity contribution >= 4 is 86.1 Å². The Hall–Kier alpha value is -2.33. The fourth-order valence-electron chi connectivity index (χ4n) is 3.00. The number of nitrogens with zero attached hydrogens (tertiary/aromatic N) is 2. The van der Waals surface area contributed by atoms with Crippen LogP contribution in [0.15, 0.2) is 45.3 Å².